The summed E-state index contributed by atoms with van der Waals surface area (Å²) in [5, 5.41) is 65.4. The highest BCUT2D eigenvalue weighted by atomic mass is 32.2. The van der Waals surface area contributed by atoms with E-state index >= 15 is 28.8 Å². The summed E-state index contributed by atoms with van der Waals surface area (Å²) in [6.45, 7) is 8.52. The van der Waals surface area contributed by atoms with Gasteiger partial charge < -0.3 is 116 Å². The number of aromatic amines is 2. The number of benzene rings is 5. The van der Waals surface area contributed by atoms with E-state index in [4.69, 9.17) is 16.9 Å². The molecule has 1 saturated carbocycles. The fourth-order valence-electron chi connectivity index (χ4n) is 17.5. The van der Waals surface area contributed by atoms with Crippen molar-refractivity contribution in [2.75, 3.05) is 50.0 Å². The molecular weight excluding hydrogens is 1900 g/mol. The summed E-state index contributed by atoms with van der Waals surface area (Å²) in [6.07, 6.45) is 6.84. The minimum absolute atomic E-state index is 0.00926. The van der Waals surface area contributed by atoms with Crippen LogP contribution in [0, 0.1) is 29.1 Å². The molecule has 3 aliphatic rings. The van der Waals surface area contributed by atoms with Crippen molar-refractivity contribution in [1.82, 2.24) is 98.9 Å². The van der Waals surface area contributed by atoms with Crippen LogP contribution in [-0.4, -0.2) is 270 Å². The summed E-state index contributed by atoms with van der Waals surface area (Å²) in [7, 11) is 1.24. The van der Waals surface area contributed by atoms with Crippen molar-refractivity contribution in [3.8, 4) is 22.3 Å². The zero-order valence-electron chi connectivity index (χ0n) is 82.7. The van der Waals surface area contributed by atoms with Crippen LogP contribution in [0.3, 0.4) is 0 Å². The Labute approximate surface area is 849 Å². The van der Waals surface area contributed by atoms with E-state index in [9.17, 15) is 67.7 Å². The summed E-state index contributed by atoms with van der Waals surface area (Å²) in [4.78, 5) is 277. The Morgan fingerprint density at radius 2 is 1.04 bits per heavy atom. The van der Waals surface area contributed by atoms with Crippen LogP contribution in [0.1, 0.15) is 163 Å². The minimum atomic E-state index is -2.03. The summed E-state index contributed by atoms with van der Waals surface area (Å²) < 4.78 is 0. The minimum Gasteiger partial charge on any atom is -0.481 e. The molecule has 10 rings (SSSR count). The molecule has 0 radical (unpaired) electrons. The lowest BCUT2D eigenvalue weighted by Crippen LogP contribution is -2.62. The molecule has 1 aliphatic carbocycles. The fourth-order valence-corrected chi connectivity index (χ4v) is 18.4. The van der Waals surface area contributed by atoms with E-state index < -0.39 is 228 Å². The van der Waals surface area contributed by atoms with Crippen LogP contribution in [0.15, 0.2) is 152 Å². The Morgan fingerprint density at radius 3 is 1.62 bits per heavy atom. The smallest absolute Gasteiger partial charge is 0.307 e. The number of aromatic nitrogens is 4. The number of carbonyl (C=O) groups is 18. The van der Waals surface area contributed by atoms with E-state index in [1.807, 2.05) is 42.5 Å². The van der Waals surface area contributed by atoms with Gasteiger partial charge in [-0.1, -0.05) is 183 Å². The number of guanidine groups is 1. The van der Waals surface area contributed by atoms with Crippen LogP contribution >= 0.6 is 11.8 Å². The Bertz CT molecular complexity index is 5710. The second-order valence-electron chi connectivity index (χ2n) is 37.8. The third-order valence-corrected chi connectivity index (χ3v) is 26.6. The molecule has 2 aromatic heterocycles. The first-order chi connectivity index (χ1) is 69.7. The molecule has 146 heavy (non-hydrogen) atoms. The number of hydrogen-bond acceptors (Lipinski definition) is 22. The number of nitrogens with zero attached hydrogens (tertiary/aromatic N) is 4. The molecule has 4 heterocycles. The van der Waals surface area contributed by atoms with Gasteiger partial charge in [0, 0.05) is 86.6 Å². The predicted octanol–water partition coefficient (Wildman–Crippen LogP) is 2.20. The largest absolute Gasteiger partial charge is 0.481 e. The van der Waals surface area contributed by atoms with Gasteiger partial charge in [-0.3, -0.25) is 91.7 Å². The van der Waals surface area contributed by atoms with Crippen molar-refractivity contribution in [1.29, 1.82) is 5.41 Å². The van der Waals surface area contributed by atoms with E-state index in [1.165, 1.54) is 43.1 Å². The van der Waals surface area contributed by atoms with Gasteiger partial charge in [0.1, 0.15) is 72.5 Å². The number of nitrogens with one attached hydrogen (secondary N) is 17. The van der Waals surface area contributed by atoms with E-state index in [-0.39, 0.29) is 113 Å². The number of rotatable bonds is 30. The van der Waals surface area contributed by atoms with Crippen LogP contribution in [0.4, 0.5) is 5.69 Å². The first kappa shape index (κ1) is 113. The Hall–Kier alpha value is -15.4. The molecule has 5 aromatic carbocycles. The third kappa shape index (κ3) is 35.0. The maximum Gasteiger partial charge on any atom is 0.307 e. The number of thioether (sulfide) groups is 1. The number of aliphatic carboxylic acids is 2. The number of nitrogens with two attached hydrogens (primary N) is 2. The van der Waals surface area contributed by atoms with Gasteiger partial charge in [-0.2, -0.15) is 0 Å². The molecule has 3 fully saturated rings. The number of carbonyl (C=O) groups excluding carboxylic acids is 16. The van der Waals surface area contributed by atoms with Gasteiger partial charge in [0.2, 0.25) is 88.6 Å². The number of anilines is 1. The number of H-pyrrole nitrogens is 2. The molecule has 0 bridgehead atoms. The Kier molecular flexibility index (Phi) is 42.8. The zero-order valence-corrected chi connectivity index (χ0v) is 83.6. The molecule has 2 saturated heterocycles. The van der Waals surface area contributed by atoms with Crippen LogP contribution in [-0.2, 0) is 114 Å². The van der Waals surface area contributed by atoms with Crippen molar-refractivity contribution in [3.05, 3.63) is 186 Å². The lowest BCUT2D eigenvalue weighted by atomic mass is 9.84. The summed E-state index contributed by atoms with van der Waals surface area (Å²) >= 11 is 0.848. The maximum absolute atomic E-state index is 15.9. The van der Waals surface area contributed by atoms with Crippen LogP contribution in [0.2, 0.25) is 0 Å². The average Bonchev–Trinajstić information content (AvgIpc) is 1.64. The highest BCUT2D eigenvalue weighted by Crippen LogP contribution is 2.30. The zero-order chi connectivity index (χ0) is 106. The highest BCUT2D eigenvalue weighted by Gasteiger charge is 2.44. The average molecular weight is 2030 g/mol. The topological polar surface area (TPSA) is 656 Å². The predicted molar refractivity (Wildman–Crippen MR) is 541 cm³/mol. The number of hydrogen-bond donors (Lipinski definition) is 21. The number of likely N-dealkylation sites (N-methyl/N-ethyl adjacent to an activating group) is 1. The van der Waals surface area contributed by atoms with Crippen LogP contribution < -0.4 is 85.9 Å². The molecule has 0 unspecified atom stereocenters. The third-order valence-electron chi connectivity index (χ3n) is 25.5. The van der Waals surface area contributed by atoms with Gasteiger partial charge in [0.05, 0.1) is 44.3 Å². The second kappa shape index (κ2) is 55.5. The quantitative estimate of drug-likeness (QED) is 0.0174. The molecule has 13 atom stereocenters. The van der Waals surface area contributed by atoms with E-state index in [0.717, 1.165) is 47.1 Å². The Morgan fingerprint density at radius 1 is 0.514 bits per heavy atom. The lowest BCUT2D eigenvalue weighted by molar-refractivity contribution is -0.144. The van der Waals surface area contributed by atoms with Gasteiger partial charge in [-0.05, 0) is 125 Å². The van der Waals surface area contributed by atoms with E-state index in [2.05, 4.69) is 94.4 Å². The molecule has 2 aliphatic heterocycles. The van der Waals surface area contributed by atoms with Crippen molar-refractivity contribution in [2.24, 2.45) is 35.1 Å². The van der Waals surface area contributed by atoms with Gasteiger partial charge >= 0.3 is 11.9 Å². The maximum atomic E-state index is 15.9. The highest BCUT2D eigenvalue weighted by molar-refractivity contribution is 8.00. The molecule has 16 amide bonds. The van der Waals surface area contributed by atoms with E-state index in [0.29, 0.717) is 52.0 Å². The number of imidazole rings is 2. The van der Waals surface area contributed by atoms with Gasteiger partial charge in [-0.25, -0.2) is 9.97 Å². The summed E-state index contributed by atoms with van der Waals surface area (Å²) in [6, 6.07) is 17.9. The van der Waals surface area contributed by atoms with Gasteiger partial charge in [0.25, 0.3) is 5.91 Å². The molecular formula is C102H133N23O20S. The van der Waals surface area contributed by atoms with E-state index in [1.54, 1.807) is 120 Å². The molecule has 43 nitrogen and oxygen atoms in total. The second-order valence-corrected chi connectivity index (χ2v) is 38.9. The van der Waals surface area contributed by atoms with Crippen molar-refractivity contribution < 1.29 is 96.5 Å². The van der Waals surface area contributed by atoms with Crippen LogP contribution in [0.25, 0.3) is 22.3 Å². The molecule has 23 N–H and O–H groups in total. The van der Waals surface area contributed by atoms with Crippen molar-refractivity contribution >= 4 is 130 Å². The van der Waals surface area contributed by atoms with Crippen molar-refractivity contribution in [3.63, 3.8) is 0 Å². The SMILES string of the molecule is CC[C@H](C)[C@@H]1NC(=O)[C@@H](CCCNC(=N)N)NC(=O)[C@H](CC(=O)O)NC(=O)[C@H](Cc2cnc[nH]2)NC(=O)CN(C)C(=O)[C@H](Cc2ccc(-c3ccc(NC(=O)c4cccc(CC(=O)O)c4)cc3)cc2)NC(=O)[C@H](Cc2ccc(-c3ccccc3)cc2)NC(=O)[C@H](CC2CCCCC2)NC(=O)CSC[C@@H](C(=O)NCC(N)=O)NC(=O)[C@H](CC(C)C)NC(=O)[C@H](Cc2cnc[nH]2)NC(=O)[C@H](C(C)C)NC(=O)[C@@H]2CCCN2C1=O. The summed E-state index contributed by atoms with van der Waals surface area (Å²) in [5.41, 5.74) is 16.7. The van der Waals surface area contributed by atoms with Gasteiger partial charge in [0.15, 0.2) is 5.96 Å². The Balaban J connectivity index is 1.02. The molecule has 7 aromatic rings. The fraction of sp³-hybridized carbons (Fsp3) is 0.461. The number of carboxylic acid groups (broad SMARTS) is 2. The lowest BCUT2D eigenvalue weighted by Gasteiger charge is -2.33. The normalized spacial score (nSPS) is 22.2. The molecule has 0 spiro atoms. The number of fused-ring (bicyclic) bond motifs is 1. The first-order valence-electron chi connectivity index (χ1n) is 49.0. The number of primary amides is 1. The van der Waals surface area contributed by atoms with Crippen LogP contribution in [0.5, 0.6) is 0 Å². The monoisotopic (exact) mass is 2030 g/mol. The summed E-state index contributed by atoms with van der Waals surface area (Å²) in [5.74, 6) is -20.2. The molecule has 44 heteroatoms. The van der Waals surface area contributed by atoms with Gasteiger partial charge in [-0.15, -0.1) is 11.8 Å². The molecule has 782 valence electrons. The standard InChI is InChI=1S/C102H133N23O20S/c1-8-59(6)88-101(145)125-39-17-25-81(125)98(142)122-87(58(4)5)99(143)119-77(47-71-50-107-56-111-71)96(140)116-73(40-57(2)3)92(136)121-80(90(134)109-51-82(103)126)53-146-54-84(128)114-74(42-60-18-11-9-12-19-60)93(137)117-75(43-61-26-30-65(31-27-61)64-21-13-10-14-22-64)94(138)120-79(44-62-28-32-66(33-29-62)67-34-36-69(37-35-67)112-89(133)68-23-15-20-63(41-68)45-85(129)130)100(144)124(7)52-83(127)113-76(46-70-49-106-55-110-70)95(139)118-78(48-86(131)132)97(141)115-72(91(135)123-88)24-16-38-108-102(104)105/h10,13-15,20-23,26-37,41,49-50,55-60,72-81,87-88H,8-9,11-12,16-19,24-25,38-40,42-48,51-54H2,1-7H3,(H2,103,126)(H,106,110)(H,107,111)(H,109,134)(H,112,133)(H,113,127)(H,114,128)(H,115,141)(H,116,140)(H,117,137)(H,118,139)(H,119,143)(H,120,138)(H,121,136)(H,122,142)(H,123,135)(H,129,130)(H,131,132)(H4,104,105,108)/t59-,72+,73-,74-,75-,76-,77-,78-,79-,80-,81-,87-,88-/m0/s1. The first-order valence-corrected chi connectivity index (χ1v) is 50.1. The number of carboxylic acids is 2. The van der Waals surface area contributed by atoms with Crippen molar-refractivity contribution in [2.45, 2.75) is 230 Å². The number of amides is 16.